The number of aromatic nitrogens is 3. The van der Waals surface area contributed by atoms with E-state index < -0.39 is 0 Å². The second-order valence-electron chi connectivity index (χ2n) is 4.46. The summed E-state index contributed by atoms with van der Waals surface area (Å²) in [5.74, 6) is 0.687. The molecule has 0 saturated heterocycles. The Morgan fingerprint density at radius 3 is 2.75 bits per heavy atom. The largest absolute Gasteiger partial charge is 0.319 e. The first-order valence-corrected chi connectivity index (χ1v) is 6.32. The lowest BCUT2D eigenvalue weighted by molar-refractivity contribution is 0.102. The Bertz CT molecular complexity index is 707. The van der Waals surface area contributed by atoms with Crippen LogP contribution in [0.5, 0.6) is 0 Å². The molecule has 2 rings (SSSR count). The zero-order valence-electron chi connectivity index (χ0n) is 11.7. The van der Waals surface area contributed by atoms with Crippen LogP contribution in [0.3, 0.4) is 0 Å². The molecule has 0 radical (unpaired) electrons. The number of pyridine rings is 1. The summed E-state index contributed by atoms with van der Waals surface area (Å²) in [5, 5.41) is 2.68. The molecule has 1 amide bonds. The summed E-state index contributed by atoms with van der Waals surface area (Å²) in [6, 6.07) is 4.61. The number of anilines is 1. The van der Waals surface area contributed by atoms with E-state index in [0.29, 0.717) is 17.2 Å². The summed E-state index contributed by atoms with van der Waals surface area (Å²) in [5.41, 5.74) is 0.935. The summed E-state index contributed by atoms with van der Waals surface area (Å²) in [6.07, 6.45) is 2.32. The second-order valence-corrected chi connectivity index (χ2v) is 4.46. The molecule has 0 fully saturated rings. The Kier molecular flexibility index (Phi) is 3.93. The molecule has 6 heteroatoms. The highest BCUT2D eigenvalue weighted by atomic mass is 16.2. The van der Waals surface area contributed by atoms with Gasteiger partial charge >= 0.3 is 0 Å². The average Bonchev–Trinajstić information content (AvgIpc) is 2.41. The van der Waals surface area contributed by atoms with E-state index in [1.165, 1.54) is 10.6 Å². The molecule has 0 aromatic carbocycles. The summed E-state index contributed by atoms with van der Waals surface area (Å²) in [6.45, 7) is 3.75. The number of hydrogen-bond acceptors (Lipinski definition) is 4. The predicted octanol–water partition coefficient (Wildman–Crippen LogP) is 1.30. The van der Waals surface area contributed by atoms with Gasteiger partial charge in [0.05, 0.1) is 0 Å². The minimum Gasteiger partial charge on any atom is -0.319 e. The van der Waals surface area contributed by atoms with Crippen molar-refractivity contribution in [3.8, 4) is 0 Å². The normalized spacial score (nSPS) is 10.3. The van der Waals surface area contributed by atoms with Crippen LogP contribution in [-0.2, 0) is 13.5 Å². The Hall–Kier alpha value is -2.50. The lowest BCUT2D eigenvalue weighted by Crippen LogP contribution is -2.20. The van der Waals surface area contributed by atoms with Crippen molar-refractivity contribution < 1.29 is 4.79 Å². The molecule has 2 aromatic rings. The zero-order chi connectivity index (χ0) is 14.7. The molecule has 20 heavy (non-hydrogen) atoms. The summed E-state index contributed by atoms with van der Waals surface area (Å²) < 4.78 is 1.40. The highest BCUT2D eigenvalue weighted by molar-refractivity contribution is 6.03. The van der Waals surface area contributed by atoms with Crippen molar-refractivity contribution in [2.45, 2.75) is 20.3 Å². The van der Waals surface area contributed by atoms with Crippen molar-refractivity contribution in [3.63, 3.8) is 0 Å². The Labute approximate surface area is 116 Å². The van der Waals surface area contributed by atoms with E-state index in [4.69, 9.17) is 0 Å². The van der Waals surface area contributed by atoms with Crippen LogP contribution in [0.2, 0.25) is 0 Å². The maximum Gasteiger partial charge on any atom is 0.257 e. The molecule has 6 nitrogen and oxygen atoms in total. The van der Waals surface area contributed by atoms with Crippen LogP contribution in [0.4, 0.5) is 5.82 Å². The molecule has 0 unspecified atom stereocenters. The minimum atomic E-state index is -0.358. The maximum absolute atomic E-state index is 12.1. The molecule has 0 spiro atoms. The highest BCUT2D eigenvalue weighted by Gasteiger charge is 2.09. The number of hydrogen-bond donors (Lipinski definition) is 1. The number of aryl methyl sites for hydroxylation is 3. The molecule has 2 aromatic heterocycles. The van der Waals surface area contributed by atoms with Gasteiger partial charge in [-0.15, -0.1) is 0 Å². The van der Waals surface area contributed by atoms with E-state index in [0.717, 1.165) is 12.1 Å². The number of rotatable bonds is 3. The fourth-order valence-electron chi connectivity index (χ4n) is 1.75. The van der Waals surface area contributed by atoms with E-state index in [2.05, 4.69) is 15.3 Å². The maximum atomic E-state index is 12.1. The SMILES string of the molecule is CCc1cc(NC(=O)c2ccn(C)c(=O)c2)nc(C)n1. The van der Waals surface area contributed by atoms with Crippen molar-refractivity contribution in [1.82, 2.24) is 14.5 Å². The summed E-state index contributed by atoms with van der Waals surface area (Å²) in [7, 11) is 1.63. The van der Waals surface area contributed by atoms with Gasteiger partial charge in [-0.2, -0.15) is 0 Å². The number of nitrogens with one attached hydrogen (secondary N) is 1. The van der Waals surface area contributed by atoms with Gasteiger partial charge in [-0.3, -0.25) is 9.59 Å². The number of amides is 1. The third-order valence-corrected chi connectivity index (χ3v) is 2.86. The lowest BCUT2D eigenvalue weighted by Gasteiger charge is -2.07. The Morgan fingerprint density at radius 1 is 1.35 bits per heavy atom. The van der Waals surface area contributed by atoms with E-state index in [1.807, 2.05) is 6.92 Å². The first kappa shape index (κ1) is 13.9. The molecule has 0 atom stereocenters. The van der Waals surface area contributed by atoms with E-state index in [-0.39, 0.29) is 11.5 Å². The van der Waals surface area contributed by atoms with Crippen LogP contribution in [0.1, 0.15) is 28.8 Å². The Morgan fingerprint density at radius 2 is 2.10 bits per heavy atom. The number of carbonyl (C=O) groups is 1. The zero-order valence-corrected chi connectivity index (χ0v) is 11.7. The van der Waals surface area contributed by atoms with Crippen molar-refractivity contribution in [1.29, 1.82) is 0 Å². The van der Waals surface area contributed by atoms with Gasteiger partial charge in [-0.05, 0) is 19.4 Å². The Balaban J connectivity index is 2.25. The van der Waals surface area contributed by atoms with Crippen molar-refractivity contribution >= 4 is 11.7 Å². The molecule has 0 saturated carbocycles. The highest BCUT2D eigenvalue weighted by Crippen LogP contribution is 2.09. The van der Waals surface area contributed by atoms with Crippen molar-refractivity contribution in [3.05, 3.63) is 51.8 Å². The van der Waals surface area contributed by atoms with Gasteiger partial charge in [-0.25, -0.2) is 9.97 Å². The molecule has 0 aliphatic carbocycles. The molecule has 0 bridgehead atoms. The van der Waals surface area contributed by atoms with Gasteiger partial charge in [0.15, 0.2) is 0 Å². The van der Waals surface area contributed by atoms with Crippen molar-refractivity contribution in [2.24, 2.45) is 7.05 Å². The van der Waals surface area contributed by atoms with E-state index in [1.54, 1.807) is 32.3 Å². The van der Waals surface area contributed by atoms with E-state index >= 15 is 0 Å². The van der Waals surface area contributed by atoms with Crippen LogP contribution >= 0.6 is 0 Å². The van der Waals surface area contributed by atoms with Gasteiger partial charge in [0.2, 0.25) is 0 Å². The molecule has 2 heterocycles. The molecule has 0 aliphatic rings. The molecule has 104 valence electrons. The van der Waals surface area contributed by atoms with Gasteiger partial charge in [0.25, 0.3) is 11.5 Å². The molecular weight excluding hydrogens is 256 g/mol. The van der Waals surface area contributed by atoms with Gasteiger partial charge in [-0.1, -0.05) is 6.92 Å². The topological polar surface area (TPSA) is 76.9 Å². The number of nitrogens with zero attached hydrogens (tertiary/aromatic N) is 3. The fourth-order valence-corrected chi connectivity index (χ4v) is 1.75. The molecule has 1 N–H and O–H groups in total. The fraction of sp³-hybridized carbons (Fsp3) is 0.286. The summed E-state index contributed by atoms with van der Waals surface area (Å²) >= 11 is 0. The first-order chi connectivity index (χ1) is 9.49. The van der Waals surface area contributed by atoms with Gasteiger partial charge in [0, 0.05) is 36.6 Å². The molecular formula is C14H16N4O2. The lowest BCUT2D eigenvalue weighted by atomic mass is 10.2. The first-order valence-electron chi connectivity index (χ1n) is 6.32. The standard InChI is InChI=1S/C14H16N4O2/c1-4-11-8-12(16-9(2)15-11)17-14(20)10-5-6-18(3)13(19)7-10/h5-8H,4H2,1-3H3,(H,15,16,17,20). The average molecular weight is 272 g/mol. The quantitative estimate of drug-likeness (QED) is 0.913. The van der Waals surface area contributed by atoms with Crippen LogP contribution in [0, 0.1) is 6.92 Å². The minimum absolute atomic E-state index is 0.231. The van der Waals surface area contributed by atoms with Crippen LogP contribution in [0.25, 0.3) is 0 Å². The van der Waals surface area contributed by atoms with Crippen LogP contribution in [-0.4, -0.2) is 20.4 Å². The predicted molar refractivity (Wildman–Crippen MR) is 75.8 cm³/mol. The summed E-state index contributed by atoms with van der Waals surface area (Å²) in [4.78, 5) is 32.0. The molecule has 0 aliphatic heterocycles. The monoisotopic (exact) mass is 272 g/mol. The van der Waals surface area contributed by atoms with Gasteiger partial charge < -0.3 is 9.88 Å². The third kappa shape index (κ3) is 3.09. The third-order valence-electron chi connectivity index (χ3n) is 2.86. The van der Waals surface area contributed by atoms with Crippen LogP contribution in [0.15, 0.2) is 29.2 Å². The van der Waals surface area contributed by atoms with Crippen LogP contribution < -0.4 is 10.9 Å². The van der Waals surface area contributed by atoms with E-state index in [9.17, 15) is 9.59 Å². The second kappa shape index (κ2) is 5.64. The van der Waals surface area contributed by atoms with Crippen molar-refractivity contribution in [2.75, 3.05) is 5.32 Å². The smallest absolute Gasteiger partial charge is 0.257 e. The van der Waals surface area contributed by atoms with Gasteiger partial charge in [0.1, 0.15) is 11.6 Å². The number of carbonyl (C=O) groups excluding carboxylic acids is 1.